The summed E-state index contributed by atoms with van der Waals surface area (Å²) in [5, 5.41) is 12.9. The highest BCUT2D eigenvalue weighted by Gasteiger charge is 2.22. The lowest BCUT2D eigenvalue weighted by Crippen LogP contribution is -2.46. The molecule has 1 aliphatic heterocycles. The van der Waals surface area contributed by atoms with Crippen molar-refractivity contribution in [1.29, 1.82) is 0 Å². The smallest absolute Gasteiger partial charge is 0.0629 e. The Kier molecular flexibility index (Phi) is 6.44. The summed E-state index contributed by atoms with van der Waals surface area (Å²) in [6.07, 6.45) is 0. The second kappa shape index (κ2) is 7.34. The summed E-state index contributed by atoms with van der Waals surface area (Å²) in [6, 6.07) is 8.23. The zero-order valence-corrected chi connectivity index (χ0v) is 12.0. The van der Waals surface area contributed by atoms with E-state index < -0.39 is 0 Å². The van der Waals surface area contributed by atoms with E-state index in [1.807, 2.05) is 18.2 Å². The molecule has 0 aromatic heterocycles. The number of hydrogen-bond donors (Lipinski definition) is 2. The maximum absolute atomic E-state index is 9.57. The molecule has 1 heterocycles. The molecule has 0 radical (unpaired) electrons. The lowest BCUT2D eigenvalue weighted by molar-refractivity contribution is 0.110. The SMILES string of the molecule is Cl.OC[C@H](c1ccccc1Br)N1CCNCC1. The van der Waals surface area contributed by atoms with Crippen molar-refractivity contribution in [3.05, 3.63) is 34.3 Å². The first kappa shape index (κ1) is 14.9. The Balaban J connectivity index is 0.00000144. The Morgan fingerprint density at radius 1 is 1.29 bits per heavy atom. The van der Waals surface area contributed by atoms with Crippen LogP contribution in [0.15, 0.2) is 28.7 Å². The van der Waals surface area contributed by atoms with Gasteiger partial charge in [0.1, 0.15) is 0 Å². The van der Waals surface area contributed by atoms with Gasteiger partial charge in [0.05, 0.1) is 12.6 Å². The van der Waals surface area contributed by atoms with Crippen LogP contribution in [0.4, 0.5) is 0 Å². The van der Waals surface area contributed by atoms with Crippen molar-refractivity contribution < 1.29 is 5.11 Å². The molecule has 0 aliphatic carbocycles. The van der Waals surface area contributed by atoms with Crippen LogP contribution in [0.1, 0.15) is 11.6 Å². The molecule has 96 valence electrons. The van der Waals surface area contributed by atoms with Crippen LogP contribution in [-0.2, 0) is 0 Å². The van der Waals surface area contributed by atoms with E-state index in [1.54, 1.807) is 0 Å². The predicted octanol–water partition coefficient (Wildman–Crippen LogP) is 1.81. The van der Waals surface area contributed by atoms with Crippen molar-refractivity contribution in [2.75, 3.05) is 32.8 Å². The topological polar surface area (TPSA) is 35.5 Å². The number of rotatable bonds is 3. The Hall–Kier alpha value is -0.130. The fraction of sp³-hybridized carbons (Fsp3) is 0.500. The molecule has 1 aromatic rings. The Morgan fingerprint density at radius 3 is 2.53 bits per heavy atom. The van der Waals surface area contributed by atoms with Crippen LogP contribution < -0.4 is 5.32 Å². The minimum atomic E-state index is 0. The van der Waals surface area contributed by atoms with Crippen LogP contribution in [0.5, 0.6) is 0 Å². The maximum atomic E-state index is 9.57. The van der Waals surface area contributed by atoms with Crippen LogP contribution in [-0.4, -0.2) is 42.8 Å². The van der Waals surface area contributed by atoms with Crippen molar-refractivity contribution in [3.8, 4) is 0 Å². The van der Waals surface area contributed by atoms with E-state index in [0.717, 1.165) is 30.7 Å². The number of hydrogen-bond acceptors (Lipinski definition) is 3. The average molecular weight is 322 g/mol. The highest BCUT2D eigenvalue weighted by atomic mass is 79.9. The lowest BCUT2D eigenvalue weighted by atomic mass is 10.1. The van der Waals surface area contributed by atoms with Crippen molar-refractivity contribution >= 4 is 28.3 Å². The van der Waals surface area contributed by atoms with Gasteiger partial charge < -0.3 is 10.4 Å². The standard InChI is InChI=1S/C12H17BrN2O.ClH/c13-11-4-2-1-3-10(11)12(9-16)15-7-5-14-6-8-15;/h1-4,12,14,16H,5-9H2;1H/t12-;/m1./s1. The monoisotopic (exact) mass is 320 g/mol. The van der Waals surface area contributed by atoms with Crippen LogP contribution in [0.2, 0.25) is 0 Å². The number of nitrogens with zero attached hydrogens (tertiary/aromatic N) is 1. The number of aliphatic hydroxyl groups excluding tert-OH is 1. The quantitative estimate of drug-likeness (QED) is 0.891. The fourth-order valence-electron chi connectivity index (χ4n) is 2.15. The Labute approximate surface area is 117 Å². The van der Waals surface area contributed by atoms with E-state index in [9.17, 15) is 5.11 Å². The Morgan fingerprint density at radius 2 is 1.94 bits per heavy atom. The van der Waals surface area contributed by atoms with E-state index >= 15 is 0 Å². The van der Waals surface area contributed by atoms with Gasteiger partial charge in [-0.3, -0.25) is 4.90 Å². The summed E-state index contributed by atoms with van der Waals surface area (Å²) < 4.78 is 1.08. The van der Waals surface area contributed by atoms with Crippen molar-refractivity contribution in [3.63, 3.8) is 0 Å². The number of benzene rings is 1. The molecule has 0 spiro atoms. The maximum Gasteiger partial charge on any atom is 0.0629 e. The van der Waals surface area contributed by atoms with Gasteiger partial charge in [-0.15, -0.1) is 12.4 Å². The van der Waals surface area contributed by atoms with Gasteiger partial charge in [-0.05, 0) is 11.6 Å². The molecule has 3 nitrogen and oxygen atoms in total. The van der Waals surface area contributed by atoms with Gasteiger partial charge in [0.25, 0.3) is 0 Å². The molecule has 0 unspecified atom stereocenters. The number of piperazine rings is 1. The summed E-state index contributed by atoms with van der Waals surface area (Å²) in [5.74, 6) is 0. The van der Waals surface area contributed by atoms with Gasteiger partial charge in [-0.1, -0.05) is 34.1 Å². The van der Waals surface area contributed by atoms with E-state index in [2.05, 4.69) is 32.2 Å². The van der Waals surface area contributed by atoms with Gasteiger partial charge >= 0.3 is 0 Å². The predicted molar refractivity (Wildman–Crippen MR) is 75.7 cm³/mol. The zero-order chi connectivity index (χ0) is 11.4. The highest BCUT2D eigenvalue weighted by Crippen LogP contribution is 2.27. The third-order valence-electron chi connectivity index (χ3n) is 3.03. The van der Waals surface area contributed by atoms with E-state index in [1.165, 1.54) is 5.56 Å². The second-order valence-corrected chi connectivity index (χ2v) is 4.86. The van der Waals surface area contributed by atoms with Gasteiger partial charge in [-0.2, -0.15) is 0 Å². The van der Waals surface area contributed by atoms with Gasteiger partial charge in [0, 0.05) is 30.7 Å². The van der Waals surface area contributed by atoms with Crippen LogP contribution >= 0.6 is 28.3 Å². The molecule has 1 saturated heterocycles. The first-order valence-corrected chi connectivity index (χ1v) is 6.42. The Bertz CT molecular complexity index is 345. The number of halogens is 2. The van der Waals surface area contributed by atoms with Crippen LogP contribution in [0, 0.1) is 0 Å². The van der Waals surface area contributed by atoms with Crippen molar-refractivity contribution in [1.82, 2.24) is 10.2 Å². The normalized spacial score (nSPS) is 18.5. The molecule has 1 aromatic carbocycles. The summed E-state index contributed by atoms with van der Waals surface area (Å²) >= 11 is 3.55. The lowest BCUT2D eigenvalue weighted by Gasteiger charge is -2.34. The van der Waals surface area contributed by atoms with Crippen molar-refractivity contribution in [2.45, 2.75) is 6.04 Å². The van der Waals surface area contributed by atoms with E-state index in [0.29, 0.717) is 0 Å². The van der Waals surface area contributed by atoms with Gasteiger partial charge in [-0.25, -0.2) is 0 Å². The second-order valence-electron chi connectivity index (χ2n) is 4.01. The van der Waals surface area contributed by atoms with E-state index in [4.69, 9.17) is 0 Å². The summed E-state index contributed by atoms with van der Waals surface area (Å²) in [4.78, 5) is 2.33. The van der Waals surface area contributed by atoms with Crippen LogP contribution in [0.25, 0.3) is 0 Å². The molecule has 2 N–H and O–H groups in total. The zero-order valence-electron chi connectivity index (χ0n) is 9.60. The van der Waals surface area contributed by atoms with Gasteiger partial charge in [0.15, 0.2) is 0 Å². The molecule has 2 rings (SSSR count). The summed E-state index contributed by atoms with van der Waals surface area (Å²) in [7, 11) is 0. The fourth-order valence-corrected chi connectivity index (χ4v) is 2.70. The molecular formula is C12H18BrClN2O. The molecule has 17 heavy (non-hydrogen) atoms. The molecule has 1 fully saturated rings. The molecule has 0 amide bonds. The third-order valence-corrected chi connectivity index (χ3v) is 3.75. The number of aliphatic hydroxyl groups is 1. The third kappa shape index (κ3) is 3.66. The molecular weight excluding hydrogens is 304 g/mol. The molecule has 0 bridgehead atoms. The largest absolute Gasteiger partial charge is 0.394 e. The highest BCUT2D eigenvalue weighted by molar-refractivity contribution is 9.10. The average Bonchev–Trinajstić information content (AvgIpc) is 2.34. The number of nitrogens with one attached hydrogen (secondary N) is 1. The van der Waals surface area contributed by atoms with E-state index in [-0.39, 0.29) is 25.1 Å². The molecule has 1 aliphatic rings. The molecule has 1 atom stereocenters. The first-order chi connectivity index (χ1) is 7.83. The minimum absolute atomic E-state index is 0. The first-order valence-electron chi connectivity index (χ1n) is 5.63. The van der Waals surface area contributed by atoms with Crippen LogP contribution in [0.3, 0.4) is 0 Å². The van der Waals surface area contributed by atoms with Crippen molar-refractivity contribution in [2.24, 2.45) is 0 Å². The minimum Gasteiger partial charge on any atom is -0.394 e. The summed E-state index contributed by atoms with van der Waals surface area (Å²) in [6.45, 7) is 4.16. The molecule has 5 heteroatoms. The molecule has 0 saturated carbocycles. The van der Waals surface area contributed by atoms with Gasteiger partial charge in [0.2, 0.25) is 0 Å². The summed E-state index contributed by atoms with van der Waals surface area (Å²) in [5.41, 5.74) is 1.17.